The summed E-state index contributed by atoms with van der Waals surface area (Å²) in [5.41, 5.74) is 2.02. The minimum absolute atomic E-state index is 0.0908. The summed E-state index contributed by atoms with van der Waals surface area (Å²) < 4.78 is 10.4. The Kier molecular flexibility index (Phi) is 5.67. The normalized spacial score (nSPS) is 10.2. The number of pyridine rings is 2. The van der Waals surface area contributed by atoms with Crippen molar-refractivity contribution in [3.8, 4) is 0 Å². The SMILES string of the molecule is O=C(OCc1ccccn1)c1ccc(C(=O)OCc2ccccn2)cc1. The highest BCUT2D eigenvalue weighted by Crippen LogP contribution is 2.10. The van der Waals surface area contributed by atoms with Crippen LogP contribution in [-0.2, 0) is 22.7 Å². The average molecular weight is 348 g/mol. The second-order valence-electron chi connectivity index (χ2n) is 5.37. The monoisotopic (exact) mass is 348 g/mol. The van der Waals surface area contributed by atoms with Crippen molar-refractivity contribution in [1.29, 1.82) is 0 Å². The summed E-state index contributed by atoms with van der Waals surface area (Å²) >= 11 is 0. The molecule has 2 aromatic heterocycles. The lowest BCUT2D eigenvalue weighted by Gasteiger charge is -2.06. The number of hydrogen-bond donors (Lipinski definition) is 0. The summed E-state index contributed by atoms with van der Waals surface area (Å²) in [6.45, 7) is 0.182. The maximum Gasteiger partial charge on any atom is 0.338 e. The fourth-order valence-electron chi connectivity index (χ4n) is 2.16. The third-order valence-electron chi connectivity index (χ3n) is 3.51. The van der Waals surface area contributed by atoms with Gasteiger partial charge in [-0.2, -0.15) is 0 Å². The largest absolute Gasteiger partial charge is 0.456 e. The number of hydrogen-bond acceptors (Lipinski definition) is 6. The molecule has 0 unspecified atom stereocenters. The van der Waals surface area contributed by atoms with E-state index in [-0.39, 0.29) is 13.2 Å². The molecular formula is C20H16N2O4. The molecule has 0 aliphatic rings. The minimum atomic E-state index is -0.482. The maximum absolute atomic E-state index is 12.0. The van der Waals surface area contributed by atoms with E-state index in [0.29, 0.717) is 22.5 Å². The summed E-state index contributed by atoms with van der Waals surface area (Å²) in [5, 5.41) is 0. The Hall–Kier alpha value is -3.54. The van der Waals surface area contributed by atoms with Crippen LogP contribution in [0.25, 0.3) is 0 Å². The van der Waals surface area contributed by atoms with Crippen molar-refractivity contribution in [2.45, 2.75) is 13.2 Å². The van der Waals surface area contributed by atoms with Crippen LogP contribution in [0.5, 0.6) is 0 Å². The summed E-state index contributed by atoms with van der Waals surface area (Å²) in [4.78, 5) is 32.2. The Morgan fingerprint density at radius 3 is 1.42 bits per heavy atom. The number of carbonyl (C=O) groups is 2. The van der Waals surface area contributed by atoms with Crippen molar-refractivity contribution in [2.75, 3.05) is 0 Å². The van der Waals surface area contributed by atoms with E-state index in [9.17, 15) is 9.59 Å². The van der Waals surface area contributed by atoms with E-state index in [1.165, 1.54) is 24.3 Å². The first-order valence-electron chi connectivity index (χ1n) is 7.96. The van der Waals surface area contributed by atoms with Crippen LogP contribution in [0.15, 0.2) is 73.1 Å². The molecule has 0 radical (unpaired) electrons. The fourth-order valence-corrected chi connectivity index (χ4v) is 2.16. The zero-order valence-corrected chi connectivity index (χ0v) is 13.9. The topological polar surface area (TPSA) is 78.4 Å². The van der Waals surface area contributed by atoms with Crippen molar-refractivity contribution in [1.82, 2.24) is 9.97 Å². The Bertz CT molecular complexity index is 791. The van der Waals surface area contributed by atoms with Crippen LogP contribution in [0.4, 0.5) is 0 Å². The van der Waals surface area contributed by atoms with Gasteiger partial charge in [0.05, 0.1) is 22.5 Å². The van der Waals surface area contributed by atoms with Crippen molar-refractivity contribution in [2.24, 2.45) is 0 Å². The van der Waals surface area contributed by atoms with Gasteiger partial charge >= 0.3 is 11.9 Å². The molecule has 0 atom stereocenters. The number of esters is 2. The smallest absolute Gasteiger partial charge is 0.338 e. The highest BCUT2D eigenvalue weighted by atomic mass is 16.5. The molecule has 0 N–H and O–H groups in total. The van der Waals surface area contributed by atoms with Gasteiger partial charge in [-0.1, -0.05) is 12.1 Å². The van der Waals surface area contributed by atoms with E-state index in [4.69, 9.17) is 9.47 Å². The van der Waals surface area contributed by atoms with Crippen molar-refractivity contribution < 1.29 is 19.1 Å². The summed E-state index contributed by atoms with van der Waals surface area (Å²) in [5.74, 6) is -0.965. The molecule has 3 rings (SSSR count). The quantitative estimate of drug-likeness (QED) is 0.637. The predicted molar refractivity (Wildman–Crippen MR) is 93.2 cm³/mol. The number of ether oxygens (including phenoxy) is 2. The third kappa shape index (κ3) is 4.73. The lowest BCUT2D eigenvalue weighted by molar-refractivity contribution is 0.0454. The van der Waals surface area contributed by atoms with E-state index in [0.717, 1.165) is 0 Å². The van der Waals surface area contributed by atoms with E-state index in [1.54, 1.807) is 36.7 Å². The van der Waals surface area contributed by atoms with Gasteiger partial charge in [-0.3, -0.25) is 9.97 Å². The van der Waals surface area contributed by atoms with Gasteiger partial charge in [0.1, 0.15) is 13.2 Å². The second-order valence-corrected chi connectivity index (χ2v) is 5.37. The zero-order chi connectivity index (χ0) is 18.2. The fraction of sp³-hybridized carbons (Fsp3) is 0.100. The van der Waals surface area contributed by atoms with Crippen molar-refractivity contribution >= 4 is 11.9 Å². The van der Waals surface area contributed by atoms with Crippen LogP contribution < -0.4 is 0 Å². The van der Waals surface area contributed by atoms with Crippen LogP contribution in [-0.4, -0.2) is 21.9 Å². The van der Waals surface area contributed by atoms with Gasteiger partial charge in [-0.25, -0.2) is 9.59 Å². The molecular weight excluding hydrogens is 332 g/mol. The van der Waals surface area contributed by atoms with E-state index in [1.807, 2.05) is 12.1 Å². The van der Waals surface area contributed by atoms with Gasteiger partial charge in [0.15, 0.2) is 0 Å². The molecule has 6 heteroatoms. The van der Waals surface area contributed by atoms with Crippen LogP contribution in [0.2, 0.25) is 0 Å². The Labute approximate surface area is 150 Å². The summed E-state index contributed by atoms with van der Waals surface area (Å²) in [6.07, 6.45) is 3.27. The zero-order valence-electron chi connectivity index (χ0n) is 13.9. The van der Waals surface area contributed by atoms with Crippen molar-refractivity contribution in [3.05, 3.63) is 95.6 Å². The Morgan fingerprint density at radius 2 is 1.08 bits per heavy atom. The molecule has 0 saturated carbocycles. The molecule has 0 aliphatic heterocycles. The highest BCUT2D eigenvalue weighted by Gasteiger charge is 2.11. The lowest BCUT2D eigenvalue weighted by atomic mass is 10.1. The summed E-state index contributed by atoms with van der Waals surface area (Å²) in [6, 6.07) is 16.9. The van der Waals surface area contributed by atoms with Crippen LogP contribution >= 0.6 is 0 Å². The number of aromatic nitrogens is 2. The van der Waals surface area contributed by atoms with Crippen LogP contribution in [0, 0.1) is 0 Å². The Morgan fingerprint density at radius 1 is 0.654 bits per heavy atom. The number of carbonyl (C=O) groups excluding carboxylic acids is 2. The first-order chi connectivity index (χ1) is 12.7. The first kappa shape index (κ1) is 17.3. The van der Waals surface area contributed by atoms with Crippen LogP contribution in [0.3, 0.4) is 0 Å². The molecule has 2 heterocycles. The minimum Gasteiger partial charge on any atom is -0.456 e. The predicted octanol–water partition coefficient (Wildman–Crippen LogP) is 3.19. The first-order valence-corrected chi connectivity index (χ1v) is 7.96. The van der Waals surface area contributed by atoms with Crippen molar-refractivity contribution in [3.63, 3.8) is 0 Å². The maximum atomic E-state index is 12.0. The lowest BCUT2D eigenvalue weighted by Crippen LogP contribution is -2.08. The third-order valence-corrected chi connectivity index (χ3v) is 3.51. The van der Waals surface area contributed by atoms with Gasteiger partial charge < -0.3 is 9.47 Å². The Balaban J connectivity index is 1.53. The van der Waals surface area contributed by atoms with Gasteiger partial charge in [0, 0.05) is 12.4 Å². The van der Waals surface area contributed by atoms with E-state index >= 15 is 0 Å². The molecule has 1 aromatic carbocycles. The second kappa shape index (κ2) is 8.53. The number of benzene rings is 1. The van der Waals surface area contributed by atoms with E-state index in [2.05, 4.69) is 9.97 Å². The average Bonchev–Trinajstić information content (AvgIpc) is 2.72. The van der Waals surface area contributed by atoms with Crippen LogP contribution in [0.1, 0.15) is 32.1 Å². The molecule has 0 spiro atoms. The molecule has 3 aromatic rings. The van der Waals surface area contributed by atoms with Gasteiger partial charge in [0.2, 0.25) is 0 Å². The summed E-state index contributed by atoms with van der Waals surface area (Å²) in [7, 11) is 0. The molecule has 0 amide bonds. The van der Waals surface area contributed by atoms with Gasteiger partial charge in [0.25, 0.3) is 0 Å². The van der Waals surface area contributed by atoms with Gasteiger partial charge in [-0.15, -0.1) is 0 Å². The van der Waals surface area contributed by atoms with E-state index < -0.39 is 11.9 Å². The molecule has 0 saturated heterocycles. The molecule has 26 heavy (non-hydrogen) atoms. The standard InChI is InChI=1S/C20H16N2O4/c23-19(25-13-17-5-1-3-11-21-17)15-7-9-16(10-8-15)20(24)26-14-18-6-2-4-12-22-18/h1-12H,13-14H2. The molecule has 130 valence electrons. The number of nitrogens with zero attached hydrogens (tertiary/aromatic N) is 2. The number of rotatable bonds is 6. The molecule has 0 fully saturated rings. The molecule has 0 bridgehead atoms. The molecule has 6 nitrogen and oxygen atoms in total. The van der Waals surface area contributed by atoms with Gasteiger partial charge in [-0.05, 0) is 48.5 Å². The molecule has 0 aliphatic carbocycles. The highest BCUT2D eigenvalue weighted by molar-refractivity contribution is 5.93.